The van der Waals surface area contributed by atoms with Gasteiger partial charge in [0.2, 0.25) is 0 Å². The molecule has 0 aromatic rings. The van der Waals surface area contributed by atoms with Gasteiger partial charge in [-0.15, -0.1) is 0 Å². The van der Waals surface area contributed by atoms with Gasteiger partial charge >= 0.3 is 0 Å². The molecular weight excluding hydrogens is 238 g/mol. The van der Waals surface area contributed by atoms with E-state index in [1.807, 2.05) is 0 Å². The van der Waals surface area contributed by atoms with Gasteiger partial charge < -0.3 is 15.4 Å². The monoisotopic (exact) mass is 269 g/mol. The molecule has 0 aliphatic carbocycles. The summed E-state index contributed by atoms with van der Waals surface area (Å²) in [6.07, 6.45) is 4.02. The number of nitrogens with two attached hydrogens (primary N) is 1. The topological polar surface area (TPSA) is 41.7 Å². The van der Waals surface area contributed by atoms with Crippen LogP contribution >= 0.6 is 0 Å². The molecule has 4 nitrogen and oxygen atoms in total. The SMILES string of the molecule is CCC1CN(C2(CN)CC(C)OC(C)C2)CCN1C. The Hall–Kier alpha value is -0.160. The fourth-order valence-corrected chi connectivity index (χ4v) is 4.02. The largest absolute Gasteiger partial charge is 0.375 e. The zero-order chi connectivity index (χ0) is 14.0. The molecule has 2 aliphatic heterocycles. The third-order valence-electron chi connectivity index (χ3n) is 5.10. The van der Waals surface area contributed by atoms with Gasteiger partial charge in [0.25, 0.3) is 0 Å². The van der Waals surface area contributed by atoms with Gasteiger partial charge in [-0.3, -0.25) is 4.90 Å². The van der Waals surface area contributed by atoms with E-state index in [9.17, 15) is 0 Å². The van der Waals surface area contributed by atoms with E-state index >= 15 is 0 Å². The predicted octanol–water partition coefficient (Wildman–Crippen LogP) is 1.30. The second-order valence-electron chi connectivity index (χ2n) is 6.58. The van der Waals surface area contributed by atoms with Crippen LogP contribution in [-0.2, 0) is 4.74 Å². The quantitative estimate of drug-likeness (QED) is 0.838. The number of hydrogen-bond donors (Lipinski definition) is 1. The minimum absolute atomic E-state index is 0.158. The lowest BCUT2D eigenvalue weighted by atomic mass is 9.81. The van der Waals surface area contributed by atoms with Crippen LogP contribution < -0.4 is 5.73 Å². The lowest BCUT2D eigenvalue weighted by Crippen LogP contribution is -2.65. The maximum atomic E-state index is 6.20. The van der Waals surface area contributed by atoms with Crippen LogP contribution in [0.25, 0.3) is 0 Å². The van der Waals surface area contributed by atoms with E-state index in [4.69, 9.17) is 10.5 Å². The molecule has 0 amide bonds. The Balaban J connectivity index is 2.12. The molecule has 3 atom stereocenters. The molecular formula is C15H31N3O. The summed E-state index contributed by atoms with van der Waals surface area (Å²) in [7, 11) is 2.25. The number of piperazine rings is 1. The Bertz CT molecular complexity index is 287. The van der Waals surface area contributed by atoms with E-state index in [0.29, 0.717) is 18.2 Å². The first-order valence-corrected chi connectivity index (χ1v) is 7.81. The first-order chi connectivity index (χ1) is 9.00. The molecule has 2 N–H and O–H groups in total. The van der Waals surface area contributed by atoms with Crippen molar-refractivity contribution in [3.63, 3.8) is 0 Å². The Labute approximate surface area is 118 Å². The highest BCUT2D eigenvalue weighted by molar-refractivity contribution is 5.00. The van der Waals surface area contributed by atoms with Crippen molar-refractivity contribution in [2.45, 2.75) is 63.8 Å². The van der Waals surface area contributed by atoms with E-state index in [1.54, 1.807) is 0 Å². The maximum absolute atomic E-state index is 6.20. The fourth-order valence-electron chi connectivity index (χ4n) is 4.02. The van der Waals surface area contributed by atoms with Crippen LogP contribution in [0.2, 0.25) is 0 Å². The van der Waals surface area contributed by atoms with Crippen LogP contribution in [0.4, 0.5) is 0 Å². The van der Waals surface area contributed by atoms with Crippen LogP contribution in [0.1, 0.15) is 40.0 Å². The minimum atomic E-state index is 0.158. The van der Waals surface area contributed by atoms with Crippen molar-refractivity contribution >= 4 is 0 Å². The molecule has 112 valence electrons. The van der Waals surface area contributed by atoms with E-state index in [-0.39, 0.29) is 5.54 Å². The van der Waals surface area contributed by atoms with E-state index in [1.165, 1.54) is 6.42 Å². The first-order valence-electron chi connectivity index (χ1n) is 7.81. The second kappa shape index (κ2) is 6.08. The smallest absolute Gasteiger partial charge is 0.0568 e. The molecule has 0 bridgehead atoms. The lowest BCUT2D eigenvalue weighted by molar-refractivity contribution is -0.115. The third-order valence-corrected chi connectivity index (χ3v) is 5.10. The van der Waals surface area contributed by atoms with Gasteiger partial charge in [-0.1, -0.05) is 6.92 Å². The average molecular weight is 269 g/mol. The maximum Gasteiger partial charge on any atom is 0.0568 e. The van der Waals surface area contributed by atoms with Crippen molar-refractivity contribution in [1.82, 2.24) is 9.80 Å². The van der Waals surface area contributed by atoms with Crippen LogP contribution in [0.5, 0.6) is 0 Å². The van der Waals surface area contributed by atoms with Gasteiger partial charge in [-0.05, 0) is 40.2 Å². The van der Waals surface area contributed by atoms with Gasteiger partial charge in [0, 0.05) is 37.8 Å². The lowest BCUT2D eigenvalue weighted by Gasteiger charge is -2.53. The van der Waals surface area contributed by atoms with Crippen LogP contribution in [0.3, 0.4) is 0 Å². The molecule has 0 radical (unpaired) electrons. The molecule has 0 aromatic heterocycles. The average Bonchev–Trinajstić information content (AvgIpc) is 2.37. The number of ether oxygens (including phenoxy) is 1. The van der Waals surface area contributed by atoms with Crippen molar-refractivity contribution < 1.29 is 4.74 Å². The Morgan fingerprint density at radius 1 is 1.21 bits per heavy atom. The van der Waals surface area contributed by atoms with Gasteiger partial charge in [-0.2, -0.15) is 0 Å². The fraction of sp³-hybridized carbons (Fsp3) is 1.00. The number of rotatable bonds is 3. The van der Waals surface area contributed by atoms with Crippen molar-refractivity contribution in [2.75, 3.05) is 33.2 Å². The second-order valence-corrected chi connectivity index (χ2v) is 6.58. The van der Waals surface area contributed by atoms with E-state index in [2.05, 4.69) is 37.6 Å². The van der Waals surface area contributed by atoms with Gasteiger partial charge in [-0.25, -0.2) is 0 Å². The van der Waals surface area contributed by atoms with Crippen LogP contribution in [0, 0.1) is 0 Å². The van der Waals surface area contributed by atoms with E-state index in [0.717, 1.165) is 39.0 Å². The van der Waals surface area contributed by atoms with E-state index < -0.39 is 0 Å². The zero-order valence-electron chi connectivity index (χ0n) is 13.1. The van der Waals surface area contributed by atoms with Crippen molar-refractivity contribution in [3.05, 3.63) is 0 Å². The summed E-state index contributed by atoms with van der Waals surface area (Å²) in [4.78, 5) is 5.16. The highest BCUT2D eigenvalue weighted by Crippen LogP contribution is 2.34. The summed E-state index contributed by atoms with van der Waals surface area (Å²) in [5.74, 6) is 0. The summed E-state index contributed by atoms with van der Waals surface area (Å²) in [6.45, 7) is 10.9. The molecule has 2 heterocycles. The van der Waals surface area contributed by atoms with Crippen molar-refractivity contribution in [1.29, 1.82) is 0 Å². The molecule has 0 spiro atoms. The summed E-state index contributed by atoms with van der Waals surface area (Å²) in [5, 5.41) is 0. The Kier molecular flexibility index (Phi) is 4.88. The highest BCUT2D eigenvalue weighted by Gasteiger charge is 2.44. The number of nitrogens with zero attached hydrogens (tertiary/aromatic N) is 2. The Morgan fingerprint density at radius 2 is 1.84 bits per heavy atom. The molecule has 4 heteroatoms. The predicted molar refractivity (Wildman–Crippen MR) is 79.3 cm³/mol. The summed E-state index contributed by atoms with van der Waals surface area (Å²) >= 11 is 0. The molecule has 0 aromatic carbocycles. The molecule has 3 unspecified atom stereocenters. The molecule has 2 rings (SSSR count). The zero-order valence-corrected chi connectivity index (χ0v) is 13.1. The third kappa shape index (κ3) is 3.13. The summed E-state index contributed by atoms with van der Waals surface area (Å²) in [6, 6.07) is 0.672. The highest BCUT2D eigenvalue weighted by atomic mass is 16.5. The van der Waals surface area contributed by atoms with Gasteiger partial charge in [0.05, 0.1) is 12.2 Å². The molecule has 19 heavy (non-hydrogen) atoms. The van der Waals surface area contributed by atoms with Crippen molar-refractivity contribution in [3.8, 4) is 0 Å². The molecule has 2 saturated heterocycles. The standard InChI is InChI=1S/C15H31N3O/c1-5-14-10-18(7-6-17(14)4)15(11-16)8-12(2)19-13(3)9-15/h12-14H,5-11,16H2,1-4H3. The van der Waals surface area contributed by atoms with Crippen molar-refractivity contribution in [2.24, 2.45) is 5.73 Å². The summed E-state index contributed by atoms with van der Waals surface area (Å²) < 4.78 is 5.92. The first kappa shape index (κ1) is 15.2. The van der Waals surface area contributed by atoms with Gasteiger partial charge in [0.15, 0.2) is 0 Å². The number of hydrogen-bond acceptors (Lipinski definition) is 4. The normalized spacial score (nSPS) is 42.5. The van der Waals surface area contributed by atoms with Gasteiger partial charge in [0.1, 0.15) is 0 Å². The Morgan fingerprint density at radius 3 is 2.37 bits per heavy atom. The summed E-state index contributed by atoms with van der Waals surface area (Å²) in [5.41, 5.74) is 6.36. The molecule has 0 saturated carbocycles. The minimum Gasteiger partial charge on any atom is -0.375 e. The van der Waals surface area contributed by atoms with Crippen LogP contribution in [-0.4, -0.2) is 66.8 Å². The number of likely N-dealkylation sites (N-methyl/N-ethyl adjacent to an activating group) is 1. The van der Waals surface area contributed by atoms with Crippen LogP contribution in [0.15, 0.2) is 0 Å². The molecule has 2 aliphatic rings. The molecule has 2 fully saturated rings.